The van der Waals surface area contributed by atoms with Crippen molar-refractivity contribution in [2.24, 2.45) is 5.41 Å². The molecule has 0 bridgehead atoms. The second-order valence-electron chi connectivity index (χ2n) is 5.20. The molecule has 0 spiro atoms. The van der Waals surface area contributed by atoms with E-state index in [1.54, 1.807) is 6.07 Å². The molecule has 0 radical (unpaired) electrons. The average molecular weight is 287 g/mol. The lowest BCUT2D eigenvalue weighted by Gasteiger charge is -2.28. The molecule has 0 unspecified atom stereocenters. The van der Waals surface area contributed by atoms with Crippen molar-refractivity contribution in [3.8, 4) is 0 Å². The van der Waals surface area contributed by atoms with Gasteiger partial charge in [0.05, 0.1) is 21.4 Å². The van der Waals surface area contributed by atoms with E-state index in [-0.39, 0.29) is 0 Å². The van der Waals surface area contributed by atoms with E-state index in [1.807, 2.05) is 6.07 Å². The molecule has 1 saturated heterocycles. The summed E-state index contributed by atoms with van der Waals surface area (Å²) >= 11 is 12.1. The van der Waals surface area contributed by atoms with Gasteiger partial charge in [-0.2, -0.15) is 0 Å². The Hall–Kier alpha value is -0.600. The molecule has 18 heavy (non-hydrogen) atoms. The van der Waals surface area contributed by atoms with Gasteiger partial charge in [-0.05, 0) is 36.8 Å². The molecule has 1 fully saturated rings. The summed E-state index contributed by atoms with van der Waals surface area (Å²) in [4.78, 5) is 2.34. The highest BCUT2D eigenvalue weighted by molar-refractivity contribution is 6.42. The predicted molar refractivity (Wildman–Crippen MR) is 80.7 cm³/mol. The number of halogens is 2. The lowest BCUT2D eigenvalue weighted by Crippen LogP contribution is -2.26. The number of nitrogens with two attached hydrogens (primary N) is 1. The van der Waals surface area contributed by atoms with E-state index < -0.39 is 0 Å². The van der Waals surface area contributed by atoms with Crippen molar-refractivity contribution in [2.75, 3.05) is 23.7 Å². The van der Waals surface area contributed by atoms with Crippen molar-refractivity contribution >= 4 is 34.6 Å². The van der Waals surface area contributed by atoms with Gasteiger partial charge in [0, 0.05) is 13.1 Å². The highest BCUT2D eigenvalue weighted by atomic mass is 35.5. The normalized spacial score (nSPS) is 18.3. The molecule has 2 N–H and O–H groups in total. The van der Waals surface area contributed by atoms with E-state index in [4.69, 9.17) is 28.9 Å². The van der Waals surface area contributed by atoms with Gasteiger partial charge in [-0.1, -0.05) is 37.0 Å². The Bertz CT molecular complexity index is 442. The van der Waals surface area contributed by atoms with Crippen LogP contribution in [-0.2, 0) is 0 Å². The quantitative estimate of drug-likeness (QED) is 0.824. The summed E-state index contributed by atoms with van der Waals surface area (Å²) < 4.78 is 0. The van der Waals surface area contributed by atoms with Gasteiger partial charge in [0.25, 0.3) is 0 Å². The highest BCUT2D eigenvalue weighted by Gasteiger charge is 2.35. The Morgan fingerprint density at radius 3 is 2.39 bits per heavy atom. The van der Waals surface area contributed by atoms with Crippen LogP contribution in [0.15, 0.2) is 12.1 Å². The third-order valence-electron chi connectivity index (χ3n) is 4.35. The minimum Gasteiger partial charge on any atom is -0.397 e. The van der Waals surface area contributed by atoms with Crippen molar-refractivity contribution in [3.05, 3.63) is 22.2 Å². The van der Waals surface area contributed by atoms with E-state index in [1.165, 1.54) is 19.3 Å². The van der Waals surface area contributed by atoms with Crippen LogP contribution >= 0.6 is 23.2 Å². The smallest absolute Gasteiger partial charge is 0.0616 e. The van der Waals surface area contributed by atoms with Crippen LogP contribution in [0.4, 0.5) is 11.4 Å². The summed E-state index contributed by atoms with van der Waals surface area (Å²) in [5.41, 5.74) is 8.22. The summed E-state index contributed by atoms with van der Waals surface area (Å²) in [7, 11) is 0. The summed E-state index contributed by atoms with van der Waals surface area (Å²) in [5, 5.41) is 1.10. The third kappa shape index (κ3) is 2.41. The minimum atomic E-state index is 0.429. The maximum absolute atomic E-state index is 6.09. The Morgan fingerprint density at radius 1 is 1.22 bits per heavy atom. The van der Waals surface area contributed by atoms with Crippen LogP contribution in [0, 0.1) is 5.41 Å². The van der Waals surface area contributed by atoms with Gasteiger partial charge in [0.2, 0.25) is 0 Å². The molecule has 0 aromatic heterocycles. The zero-order valence-electron chi connectivity index (χ0n) is 11.0. The Balaban J connectivity index is 2.27. The second kappa shape index (κ2) is 5.18. The van der Waals surface area contributed by atoms with E-state index in [9.17, 15) is 0 Å². The first-order valence-corrected chi connectivity index (χ1v) is 7.26. The molecule has 1 aliphatic rings. The highest BCUT2D eigenvalue weighted by Crippen LogP contribution is 2.42. The molecule has 0 atom stereocenters. The summed E-state index contributed by atoms with van der Waals surface area (Å²) in [5.74, 6) is 0. The average Bonchev–Trinajstić information content (AvgIpc) is 2.79. The maximum atomic E-state index is 6.09. The SMILES string of the molecule is CCC1(CC)CCN(c2cc(Cl)c(Cl)cc2N)C1. The first kappa shape index (κ1) is 13.8. The van der Waals surface area contributed by atoms with Crippen LogP contribution in [-0.4, -0.2) is 13.1 Å². The van der Waals surface area contributed by atoms with Gasteiger partial charge in [0.1, 0.15) is 0 Å². The lowest BCUT2D eigenvalue weighted by molar-refractivity contribution is 0.301. The molecular formula is C14H20Cl2N2. The van der Waals surface area contributed by atoms with Crippen LogP contribution in [0.5, 0.6) is 0 Å². The second-order valence-corrected chi connectivity index (χ2v) is 6.02. The van der Waals surface area contributed by atoms with E-state index in [0.717, 1.165) is 18.8 Å². The molecule has 0 aliphatic carbocycles. The number of nitrogen functional groups attached to an aromatic ring is 1. The first-order chi connectivity index (χ1) is 8.51. The van der Waals surface area contributed by atoms with Gasteiger partial charge in [-0.15, -0.1) is 0 Å². The summed E-state index contributed by atoms with van der Waals surface area (Å²) in [6, 6.07) is 3.64. The number of anilines is 2. The number of nitrogens with zero attached hydrogens (tertiary/aromatic N) is 1. The van der Waals surface area contributed by atoms with Crippen molar-refractivity contribution in [1.82, 2.24) is 0 Å². The molecule has 1 heterocycles. The monoisotopic (exact) mass is 286 g/mol. The molecule has 4 heteroatoms. The maximum Gasteiger partial charge on any atom is 0.0616 e. The molecular weight excluding hydrogens is 267 g/mol. The van der Waals surface area contributed by atoms with Crippen LogP contribution in [0.25, 0.3) is 0 Å². The molecule has 1 aliphatic heterocycles. The van der Waals surface area contributed by atoms with Crippen LogP contribution in [0.3, 0.4) is 0 Å². The number of hydrogen-bond acceptors (Lipinski definition) is 2. The fraction of sp³-hybridized carbons (Fsp3) is 0.571. The van der Waals surface area contributed by atoms with Gasteiger partial charge in [-0.3, -0.25) is 0 Å². The van der Waals surface area contributed by atoms with Crippen molar-refractivity contribution in [2.45, 2.75) is 33.1 Å². The van der Waals surface area contributed by atoms with Crippen molar-refractivity contribution in [1.29, 1.82) is 0 Å². The molecule has 100 valence electrons. The molecule has 2 nitrogen and oxygen atoms in total. The van der Waals surface area contributed by atoms with Gasteiger partial charge in [0.15, 0.2) is 0 Å². The van der Waals surface area contributed by atoms with Crippen LogP contribution in [0.2, 0.25) is 10.0 Å². The van der Waals surface area contributed by atoms with Gasteiger partial charge < -0.3 is 10.6 Å². The molecule has 0 saturated carbocycles. The van der Waals surface area contributed by atoms with Crippen molar-refractivity contribution in [3.63, 3.8) is 0 Å². The van der Waals surface area contributed by atoms with E-state index in [0.29, 0.717) is 21.1 Å². The van der Waals surface area contributed by atoms with Gasteiger partial charge >= 0.3 is 0 Å². The predicted octanol–water partition coefficient (Wildman–Crippen LogP) is 4.59. The summed E-state index contributed by atoms with van der Waals surface area (Å²) in [6.45, 7) is 6.64. The standard InChI is InChI=1S/C14H20Cl2N2/c1-3-14(4-2)5-6-18(9-14)13-8-11(16)10(15)7-12(13)17/h7-8H,3-6,9,17H2,1-2H3. The molecule has 1 aromatic rings. The Kier molecular flexibility index (Phi) is 3.98. The Labute approximate surface area is 119 Å². The fourth-order valence-corrected chi connectivity index (χ4v) is 3.12. The summed E-state index contributed by atoms with van der Waals surface area (Å²) in [6.07, 6.45) is 3.64. The molecule has 2 rings (SSSR count). The zero-order valence-corrected chi connectivity index (χ0v) is 12.5. The van der Waals surface area contributed by atoms with E-state index >= 15 is 0 Å². The minimum absolute atomic E-state index is 0.429. The number of rotatable bonds is 3. The number of benzene rings is 1. The molecule has 0 amide bonds. The molecule has 1 aromatic carbocycles. The van der Waals surface area contributed by atoms with Crippen LogP contribution < -0.4 is 10.6 Å². The first-order valence-electron chi connectivity index (χ1n) is 6.51. The van der Waals surface area contributed by atoms with Gasteiger partial charge in [-0.25, -0.2) is 0 Å². The number of hydrogen-bond donors (Lipinski definition) is 1. The largest absolute Gasteiger partial charge is 0.397 e. The van der Waals surface area contributed by atoms with E-state index in [2.05, 4.69) is 18.7 Å². The fourth-order valence-electron chi connectivity index (χ4n) is 2.79. The Morgan fingerprint density at radius 2 is 1.83 bits per heavy atom. The lowest BCUT2D eigenvalue weighted by atomic mass is 9.82. The third-order valence-corrected chi connectivity index (χ3v) is 5.07. The van der Waals surface area contributed by atoms with Crippen LogP contribution in [0.1, 0.15) is 33.1 Å². The topological polar surface area (TPSA) is 29.3 Å². The van der Waals surface area contributed by atoms with Crippen molar-refractivity contribution < 1.29 is 0 Å². The zero-order chi connectivity index (χ0) is 13.3.